The van der Waals surface area contributed by atoms with Gasteiger partial charge in [0.15, 0.2) is 0 Å². The Morgan fingerprint density at radius 2 is 1.07 bits per heavy atom. The smallest absolute Gasteiger partial charge is 0.330 e. The zero-order chi connectivity index (χ0) is 54.6. The SMILES string of the molecule is C=C1C(c2ccc(C[C@H](NC(=O)c3c(F)cc(CN(Cc4cc(F)c(C(=O)N[C@@H](Cc5ccc(-c6c(C)n(C)c(=O)n(C)c6=O)cc5)C(=O)O)c(F)c4)C(=O)CCN)cc3F)C(=O)O)cc2)=C(C)N(C)C(=O)N1C. The normalized spacial score (nSPS) is 13.4. The molecular formula is C52H52F4N8O10. The molecule has 0 fully saturated rings. The maximum absolute atomic E-state index is 15.7. The molecule has 1 aliphatic heterocycles. The molecule has 5 amide bonds. The van der Waals surface area contributed by atoms with Crippen molar-refractivity contribution in [2.24, 2.45) is 19.8 Å². The quantitative estimate of drug-likeness (QED) is 0.0760. The molecule has 0 bridgehead atoms. The van der Waals surface area contributed by atoms with Crippen LogP contribution in [0.2, 0.25) is 0 Å². The van der Waals surface area contributed by atoms with Gasteiger partial charge in [-0.2, -0.15) is 0 Å². The molecule has 0 aliphatic carbocycles. The van der Waals surface area contributed by atoms with E-state index in [1.54, 1.807) is 52.2 Å². The number of hydrogen-bond acceptors (Lipinski definition) is 9. The number of carbonyl (C=O) groups is 6. The highest BCUT2D eigenvalue weighted by molar-refractivity contribution is 5.98. The van der Waals surface area contributed by atoms with E-state index in [4.69, 9.17) is 5.73 Å². The number of amides is 5. The zero-order valence-electron chi connectivity index (χ0n) is 41.0. The standard InChI is InChI=1S/C52H52F4N8O10/c1-26-42(27(2)61(5)51(73)60(26)4)33-12-8-29(9-13-33)22-39(49(69)70)58-46(66)44-35(53)18-31(19-36(44)54)24-64(41(65)16-17-57)25-32-20-37(55)45(38(56)21-32)47(67)59-40(50(71)72)23-30-10-14-34(15-11-30)43-28(3)62(6)52(74)63(7)48(43)68/h8-15,18-21,39-40H,1,16-17,22-25,57H2,2-7H3,(H,58,66)(H,59,67)(H,69,70)(H,71,72)/t39-,40-/m0/s1. The van der Waals surface area contributed by atoms with Gasteiger partial charge >= 0.3 is 23.7 Å². The summed E-state index contributed by atoms with van der Waals surface area (Å²) >= 11 is 0. The molecular weight excluding hydrogens is 973 g/mol. The van der Waals surface area contributed by atoms with Crippen molar-refractivity contribution in [3.05, 3.63) is 180 Å². The highest BCUT2D eigenvalue weighted by atomic mass is 19.1. The molecule has 2 atom stereocenters. The predicted octanol–water partition coefficient (Wildman–Crippen LogP) is 4.59. The molecule has 4 aromatic carbocycles. The van der Waals surface area contributed by atoms with E-state index in [0.29, 0.717) is 44.9 Å². The van der Waals surface area contributed by atoms with Crippen LogP contribution < -0.4 is 27.6 Å². The molecule has 1 aliphatic rings. The lowest BCUT2D eigenvalue weighted by atomic mass is 9.96. The van der Waals surface area contributed by atoms with Crippen LogP contribution in [0.25, 0.3) is 16.7 Å². The minimum atomic E-state index is -1.69. The first kappa shape index (κ1) is 54.7. The number of likely N-dealkylation sites (N-methyl/N-ethyl adjacent to an activating group) is 1. The summed E-state index contributed by atoms with van der Waals surface area (Å²) in [5.41, 5.74) is 6.04. The average molecular weight is 1030 g/mol. The van der Waals surface area contributed by atoms with Crippen molar-refractivity contribution in [1.82, 2.24) is 34.5 Å². The minimum absolute atomic E-state index is 0.192. The second-order valence-corrected chi connectivity index (χ2v) is 17.7. The van der Waals surface area contributed by atoms with Gasteiger partial charge in [-0.15, -0.1) is 0 Å². The Morgan fingerprint density at radius 3 is 1.47 bits per heavy atom. The molecule has 1 aromatic heterocycles. The average Bonchev–Trinajstić information content (AvgIpc) is 3.34. The molecule has 18 nitrogen and oxygen atoms in total. The number of aliphatic carboxylic acids is 2. The Morgan fingerprint density at radius 1 is 0.649 bits per heavy atom. The Balaban J connectivity index is 1.14. The van der Waals surface area contributed by atoms with Gasteiger partial charge in [0.2, 0.25) is 5.91 Å². The van der Waals surface area contributed by atoms with Crippen LogP contribution in [0, 0.1) is 30.2 Å². The van der Waals surface area contributed by atoms with Gasteiger partial charge in [0.25, 0.3) is 17.4 Å². The molecule has 0 saturated carbocycles. The number of nitrogens with one attached hydrogen (secondary N) is 2. The number of benzene rings is 4. The first-order chi connectivity index (χ1) is 34.8. The van der Waals surface area contributed by atoms with Gasteiger partial charge in [0.1, 0.15) is 46.5 Å². The second kappa shape index (κ2) is 22.4. The van der Waals surface area contributed by atoms with E-state index in [0.717, 1.165) is 33.7 Å². The predicted molar refractivity (Wildman–Crippen MR) is 262 cm³/mol. The van der Waals surface area contributed by atoms with Gasteiger partial charge < -0.3 is 40.9 Å². The van der Waals surface area contributed by atoms with E-state index >= 15 is 17.6 Å². The van der Waals surface area contributed by atoms with Gasteiger partial charge in [-0.1, -0.05) is 55.1 Å². The van der Waals surface area contributed by atoms with Crippen LogP contribution in [0.4, 0.5) is 22.4 Å². The lowest BCUT2D eigenvalue weighted by Gasteiger charge is -2.35. The molecule has 6 rings (SSSR count). The van der Waals surface area contributed by atoms with Gasteiger partial charge in [-0.25, -0.2) is 36.7 Å². The molecule has 6 N–H and O–H groups in total. The highest BCUT2D eigenvalue weighted by Gasteiger charge is 2.31. The summed E-state index contributed by atoms with van der Waals surface area (Å²) in [6.45, 7) is 5.99. The molecule has 2 heterocycles. The molecule has 0 saturated heterocycles. The Kier molecular flexibility index (Phi) is 16.6. The number of halogens is 4. The van der Waals surface area contributed by atoms with E-state index < -0.39 is 100 Å². The fourth-order valence-electron chi connectivity index (χ4n) is 8.45. The number of allylic oxidation sites excluding steroid dienone is 2. The summed E-state index contributed by atoms with van der Waals surface area (Å²) < 4.78 is 64.8. The van der Waals surface area contributed by atoms with Crippen molar-refractivity contribution < 1.29 is 56.5 Å². The van der Waals surface area contributed by atoms with Crippen molar-refractivity contribution in [2.45, 2.75) is 58.3 Å². The number of carboxylic acid groups (broad SMARTS) is 2. The fourth-order valence-corrected chi connectivity index (χ4v) is 8.45. The molecule has 0 spiro atoms. The number of nitrogens with zero attached hydrogens (tertiary/aromatic N) is 5. The van der Waals surface area contributed by atoms with Gasteiger partial charge in [0, 0.05) is 89.7 Å². The number of carboxylic acids is 2. The van der Waals surface area contributed by atoms with E-state index in [1.807, 2.05) is 0 Å². The molecule has 388 valence electrons. The van der Waals surface area contributed by atoms with Crippen LogP contribution in [0.15, 0.2) is 100 Å². The molecule has 5 aromatic rings. The van der Waals surface area contributed by atoms with Crippen LogP contribution in [0.5, 0.6) is 0 Å². The van der Waals surface area contributed by atoms with Crippen LogP contribution in [0.3, 0.4) is 0 Å². The first-order valence-corrected chi connectivity index (χ1v) is 22.7. The third-order valence-electron chi connectivity index (χ3n) is 12.8. The van der Waals surface area contributed by atoms with Gasteiger partial charge in [-0.05, 0) is 71.5 Å². The van der Waals surface area contributed by atoms with Gasteiger partial charge in [-0.3, -0.25) is 28.6 Å². The largest absolute Gasteiger partial charge is 0.480 e. The second-order valence-electron chi connectivity index (χ2n) is 17.7. The van der Waals surface area contributed by atoms with Crippen molar-refractivity contribution >= 4 is 41.3 Å². The van der Waals surface area contributed by atoms with Crippen molar-refractivity contribution in [3.63, 3.8) is 0 Å². The summed E-state index contributed by atoms with van der Waals surface area (Å²) in [6, 6.07) is 11.8. The van der Waals surface area contributed by atoms with Crippen LogP contribution in [0.1, 0.15) is 67.6 Å². The Bertz CT molecular complexity index is 3230. The zero-order valence-corrected chi connectivity index (χ0v) is 41.0. The number of hydrogen-bond donors (Lipinski definition) is 5. The maximum atomic E-state index is 15.7. The molecule has 74 heavy (non-hydrogen) atoms. The third-order valence-corrected chi connectivity index (χ3v) is 12.8. The highest BCUT2D eigenvalue weighted by Crippen LogP contribution is 2.34. The van der Waals surface area contributed by atoms with E-state index in [-0.39, 0.29) is 48.5 Å². The monoisotopic (exact) mass is 1020 g/mol. The third kappa shape index (κ3) is 11.5. The molecule has 0 unspecified atom stereocenters. The number of aromatic nitrogens is 2. The summed E-state index contributed by atoms with van der Waals surface area (Å²) in [6.07, 6.45) is -0.962. The van der Waals surface area contributed by atoms with Crippen LogP contribution in [-0.4, -0.2) is 102 Å². The Hall–Kier alpha value is -8.66. The van der Waals surface area contributed by atoms with Crippen molar-refractivity contribution in [1.29, 1.82) is 0 Å². The molecule has 0 radical (unpaired) electrons. The minimum Gasteiger partial charge on any atom is -0.480 e. The first-order valence-electron chi connectivity index (χ1n) is 22.7. The number of urea groups is 1. The topological polar surface area (TPSA) is 247 Å². The molecule has 22 heteroatoms. The number of rotatable bonds is 18. The number of carbonyl (C=O) groups excluding carboxylic acids is 4. The van der Waals surface area contributed by atoms with Gasteiger partial charge in [0.05, 0.1) is 5.56 Å². The summed E-state index contributed by atoms with van der Waals surface area (Å²) in [4.78, 5) is 106. The van der Waals surface area contributed by atoms with E-state index in [2.05, 4.69) is 17.2 Å². The summed E-state index contributed by atoms with van der Waals surface area (Å²) in [5.74, 6) is -12.3. The van der Waals surface area contributed by atoms with Crippen LogP contribution in [-0.2, 0) is 54.4 Å². The summed E-state index contributed by atoms with van der Waals surface area (Å²) in [5, 5.41) is 24.2. The lowest BCUT2D eigenvalue weighted by molar-refractivity contribution is -0.140. The summed E-state index contributed by atoms with van der Waals surface area (Å²) in [7, 11) is 6.01. The van der Waals surface area contributed by atoms with Crippen molar-refractivity contribution in [2.75, 3.05) is 20.6 Å². The maximum Gasteiger partial charge on any atom is 0.330 e. The number of nitrogens with two attached hydrogens (primary N) is 1. The van der Waals surface area contributed by atoms with E-state index in [1.165, 1.54) is 52.7 Å². The fraction of sp³-hybridized carbons (Fsp3) is 0.269. The lowest BCUT2D eigenvalue weighted by Crippen LogP contribution is -2.43. The van der Waals surface area contributed by atoms with E-state index in [9.17, 15) is 48.6 Å². The van der Waals surface area contributed by atoms with Crippen molar-refractivity contribution in [3.8, 4) is 11.1 Å². The van der Waals surface area contributed by atoms with Crippen LogP contribution >= 0.6 is 0 Å². The Labute approximate surface area is 420 Å².